The first-order valence-electron chi connectivity index (χ1n) is 7.73. The molecule has 2 atom stereocenters. The van der Waals surface area contributed by atoms with Gasteiger partial charge in [-0.15, -0.1) is 6.42 Å². The minimum absolute atomic E-state index is 0.104. The zero-order valence-corrected chi connectivity index (χ0v) is 17.2. The standard InChI is InChI=1S/C18H26BrNOSi/c1-9-13-14(19)10-11(2)16-15(13)12(3)17(18(4,5)20-16)21-22(6,7)8/h1,10,12,17,20H,2-8H3. The Hall–Kier alpha value is -0.763. The molecule has 0 fully saturated rings. The molecule has 2 rings (SSSR count). The molecular formula is C18H26BrNOSi. The van der Waals surface area contributed by atoms with Crippen LogP contribution in [-0.2, 0) is 4.43 Å². The van der Waals surface area contributed by atoms with Crippen molar-refractivity contribution in [2.24, 2.45) is 0 Å². The second-order valence-electron chi connectivity index (χ2n) is 7.77. The SMILES string of the molecule is C#Cc1c(Br)cc(C)c2c1C(C)C(O[Si](C)(C)C)C(C)(C)N2. The molecule has 1 aromatic carbocycles. The lowest BCUT2D eigenvalue weighted by molar-refractivity contribution is 0.104. The third kappa shape index (κ3) is 3.13. The summed E-state index contributed by atoms with van der Waals surface area (Å²) < 4.78 is 7.53. The third-order valence-corrected chi connectivity index (χ3v) is 5.79. The second kappa shape index (κ2) is 5.70. The number of halogens is 1. The van der Waals surface area contributed by atoms with Gasteiger partial charge in [-0.3, -0.25) is 0 Å². The molecule has 0 aromatic heterocycles. The Morgan fingerprint density at radius 2 is 1.95 bits per heavy atom. The second-order valence-corrected chi connectivity index (χ2v) is 13.1. The van der Waals surface area contributed by atoms with Crippen molar-refractivity contribution in [3.8, 4) is 12.3 Å². The lowest BCUT2D eigenvalue weighted by atomic mass is 9.76. The average molecular weight is 380 g/mol. The Morgan fingerprint density at radius 3 is 2.45 bits per heavy atom. The number of anilines is 1. The monoisotopic (exact) mass is 379 g/mol. The first-order valence-corrected chi connectivity index (χ1v) is 11.9. The van der Waals surface area contributed by atoms with Gasteiger partial charge in [-0.25, -0.2) is 0 Å². The minimum atomic E-state index is -1.65. The van der Waals surface area contributed by atoms with Gasteiger partial charge in [-0.2, -0.15) is 0 Å². The fourth-order valence-electron chi connectivity index (χ4n) is 3.37. The van der Waals surface area contributed by atoms with Crippen LogP contribution in [0.5, 0.6) is 0 Å². The van der Waals surface area contributed by atoms with Crippen LogP contribution >= 0.6 is 15.9 Å². The number of benzene rings is 1. The van der Waals surface area contributed by atoms with Crippen molar-refractivity contribution < 1.29 is 4.43 Å². The molecule has 1 N–H and O–H groups in total. The van der Waals surface area contributed by atoms with E-state index in [2.05, 4.69) is 80.6 Å². The minimum Gasteiger partial charge on any atom is -0.412 e. The van der Waals surface area contributed by atoms with E-state index < -0.39 is 8.32 Å². The molecule has 1 aromatic rings. The zero-order valence-electron chi connectivity index (χ0n) is 14.6. The van der Waals surface area contributed by atoms with Gasteiger partial charge in [0.2, 0.25) is 0 Å². The Labute approximate surface area is 144 Å². The van der Waals surface area contributed by atoms with E-state index in [1.165, 1.54) is 16.8 Å². The van der Waals surface area contributed by atoms with Crippen LogP contribution in [0.1, 0.15) is 43.4 Å². The quantitative estimate of drug-likeness (QED) is 0.558. The molecule has 0 spiro atoms. The topological polar surface area (TPSA) is 21.3 Å². The predicted molar refractivity (Wildman–Crippen MR) is 101 cm³/mol. The Bertz CT molecular complexity index is 640. The predicted octanol–water partition coefficient (Wildman–Crippen LogP) is 5.27. The van der Waals surface area contributed by atoms with E-state index in [1.54, 1.807) is 0 Å². The van der Waals surface area contributed by atoms with Gasteiger partial charge >= 0.3 is 0 Å². The van der Waals surface area contributed by atoms with Gasteiger partial charge in [-0.05, 0) is 73.5 Å². The van der Waals surface area contributed by atoms with Crippen LogP contribution in [0.25, 0.3) is 0 Å². The molecule has 120 valence electrons. The molecule has 2 nitrogen and oxygen atoms in total. The average Bonchev–Trinajstić information content (AvgIpc) is 2.35. The summed E-state index contributed by atoms with van der Waals surface area (Å²) in [5.74, 6) is 3.11. The van der Waals surface area contributed by atoms with Gasteiger partial charge in [0.15, 0.2) is 8.32 Å². The maximum Gasteiger partial charge on any atom is 0.184 e. The van der Waals surface area contributed by atoms with Crippen LogP contribution in [0.3, 0.4) is 0 Å². The van der Waals surface area contributed by atoms with Crippen LogP contribution < -0.4 is 5.32 Å². The smallest absolute Gasteiger partial charge is 0.184 e. The molecule has 0 saturated carbocycles. The van der Waals surface area contributed by atoms with E-state index in [4.69, 9.17) is 10.8 Å². The fourth-order valence-corrected chi connectivity index (χ4v) is 5.30. The number of hydrogen-bond acceptors (Lipinski definition) is 2. The van der Waals surface area contributed by atoms with E-state index >= 15 is 0 Å². The van der Waals surface area contributed by atoms with Gasteiger partial charge in [0.05, 0.1) is 11.6 Å². The molecule has 0 amide bonds. The first-order chi connectivity index (χ1) is 9.98. The highest BCUT2D eigenvalue weighted by Gasteiger charge is 2.44. The molecule has 1 heterocycles. The molecule has 1 aliphatic rings. The van der Waals surface area contributed by atoms with Crippen molar-refractivity contribution in [1.29, 1.82) is 0 Å². The fraction of sp³-hybridized carbons (Fsp3) is 0.556. The molecule has 0 saturated heterocycles. The van der Waals surface area contributed by atoms with Gasteiger partial charge in [0.1, 0.15) is 0 Å². The molecule has 0 radical (unpaired) electrons. The first kappa shape index (κ1) is 17.6. The number of hydrogen-bond donors (Lipinski definition) is 1. The van der Waals surface area contributed by atoms with Crippen LogP contribution in [-0.4, -0.2) is 20.0 Å². The Morgan fingerprint density at radius 1 is 1.36 bits per heavy atom. The summed E-state index contributed by atoms with van der Waals surface area (Å²) in [6.07, 6.45) is 5.89. The molecule has 4 heteroatoms. The summed E-state index contributed by atoms with van der Waals surface area (Å²) in [5.41, 5.74) is 4.41. The zero-order chi connectivity index (χ0) is 16.9. The summed E-state index contributed by atoms with van der Waals surface area (Å²) in [6.45, 7) is 15.5. The molecule has 0 bridgehead atoms. The lowest BCUT2D eigenvalue weighted by Gasteiger charge is -2.48. The van der Waals surface area contributed by atoms with Crippen LogP contribution in [0, 0.1) is 19.3 Å². The maximum absolute atomic E-state index is 6.53. The van der Waals surface area contributed by atoms with Crippen molar-refractivity contribution in [1.82, 2.24) is 0 Å². The number of terminal acetylenes is 1. The van der Waals surface area contributed by atoms with Crippen molar-refractivity contribution in [3.63, 3.8) is 0 Å². The number of aryl methyl sites for hydroxylation is 1. The van der Waals surface area contributed by atoms with Crippen LogP contribution in [0.2, 0.25) is 19.6 Å². The van der Waals surface area contributed by atoms with Gasteiger partial charge in [-0.1, -0.05) is 12.8 Å². The van der Waals surface area contributed by atoms with E-state index in [-0.39, 0.29) is 17.6 Å². The van der Waals surface area contributed by atoms with E-state index in [0.29, 0.717) is 0 Å². The van der Waals surface area contributed by atoms with Gasteiger partial charge in [0, 0.05) is 21.6 Å². The van der Waals surface area contributed by atoms with Gasteiger partial charge < -0.3 is 9.74 Å². The Kier molecular flexibility index (Phi) is 4.56. The van der Waals surface area contributed by atoms with Crippen molar-refractivity contribution in [2.45, 2.75) is 64.9 Å². The van der Waals surface area contributed by atoms with E-state index in [0.717, 1.165) is 10.0 Å². The number of rotatable bonds is 2. The molecule has 1 aliphatic heterocycles. The highest BCUT2D eigenvalue weighted by atomic mass is 79.9. The molecule has 2 unspecified atom stereocenters. The highest BCUT2D eigenvalue weighted by molar-refractivity contribution is 9.10. The molecular weight excluding hydrogens is 354 g/mol. The van der Waals surface area contributed by atoms with Gasteiger partial charge in [0.25, 0.3) is 0 Å². The summed E-state index contributed by atoms with van der Waals surface area (Å²) in [6, 6.07) is 2.10. The lowest BCUT2D eigenvalue weighted by Crippen LogP contribution is -2.54. The number of nitrogens with one attached hydrogen (secondary N) is 1. The van der Waals surface area contributed by atoms with E-state index in [9.17, 15) is 0 Å². The maximum atomic E-state index is 6.53. The number of fused-ring (bicyclic) bond motifs is 1. The highest BCUT2D eigenvalue weighted by Crippen LogP contribution is 2.46. The largest absolute Gasteiger partial charge is 0.412 e. The summed E-state index contributed by atoms with van der Waals surface area (Å²) in [5, 5.41) is 3.69. The molecule has 22 heavy (non-hydrogen) atoms. The normalized spacial score (nSPS) is 23.4. The van der Waals surface area contributed by atoms with Crippen molar-refractivity contribution >= 4 is 29.9 Å². The van der Waals surface area contributed by atoms with Crippen LogP contribution in [0.15, 0.2) is 10.5 Å². The van der Waals surface area contributed by atoms with Crippen LogP contribution in [0.4, 0.5) is 5.69 Å². The Balaban J connectivity index is 2.64. The van der Waals surface area contributed by atoms with Crippen molar-refractivity contribution in [3.05, 3.63) is 27.2 Å². The van der Waals surface area contributed by atoms with Crippen molar-refractivity contribution in [2.75, 3.05) is 5.32 Å². The molecule has 0 aliphatic carbocycles. The summed E-state index contributed by atoms with van der Waals surface area (Å²) in [7, 11) is -1.65. The summed E-state index contributed by atoms with van der Waals surface area (Å²) >= 11 is 3.62. The van der Waals surface area contributed by atoms with E-state index in [1.807, 2.05) is 0 Å². The summed E-state index contributed by atoms with van der Waals surface area (Å²) in [4.78, 5) is 0. The third-order valence-electron chi connectivity index (χ3n) is 4.21.